The molecule has 36 nitrogen and oxygen atoms in total. The Kier molecular flexibility index (Phi) is 31.0. The van der Waals surface area contributed by atoms with Crippen LogP contribution in [0.3, 0.4) is 0 Å². The predicted octanol–water partition coefficient (Wildman–Crippen LogP) is 3.11. The molecule has 1 spiro atoms. The molecule has 0 radical (unpaired) electrons. The fourth-order valence-electron chi connectivity index (χ4n) is 15.4. The summed E-state index contributed by atoms with van der Waals surface area (Å²) in [6.07, 6.45) is 5.09. The van der Waals surface area contributed by atoms with Gasteiger partial charge in [0.1, 0.15) is 83.5 Å². The number of hydrogen-bond donors (Lipinski definition) is 14. The minimum Gasteiger partial charge on any atom is -0.508 e. The van der Waals surface area contributed by atoms with Crippen LogP contribution in [0, 0.1) is 0 Å². The van der Waals surface area contributed by atoms with Gasteiger partial charge in [-0.15, -0.1) is 0 Å². The molecule has 115 heavy (non-hydrogen) atoms. The number of carbonyl (C=O) groups excluding carboxylic acids is 11. The number of primary amides is 1. The van der Waals surface area contributed by atoms with Crippen LogP contribution in [-0.4, -0.2) is 244 Å². The summed E-state index contributed by atoms with van der Waals surface area (Å²) in [7, 11) is 0. The van der Waals surface area contributed by atoms with Crippen molar-refractivity contribution in [2.45, 2.75) is 247 Å². The van der Waals surface area contributed by atoms with E-state index >= 15 is 4.79 Å². The summed E-state index contributed by atoms with van der Waals surface area (Å²) in [6, 6.07) is 0.966. The zero-order valence-corrected chi connectivity index (χ0v) is 65.3. The molecule has 9 rings (SSSR count). The number of aliphatic carboxylic acids is 3. The second kappa shape index (κ2) is 40.7. The highest BCUT2D eigenvalue weighted by molar-refractivity contribution is 7.80. The van der Waals surface area contributed by atoms with E-state index in [2.05, 4.69) is 49.3 Å². The SMILES string of the molecule is CCCCCCCC/C=N\O[C@@H]1C[C@@H](C(=O)N[C@@H](CCC(=O)O)C(=O)N[C@@H](CCC(=O)O)C(N)=O)N(C(=O)C2CCCCN2C(=O)[C@H](C)NC(=O)[C@@H](NC(=O)[C@@H]2CCCN2C(=O)[C@H](CCC(=O)O)NC(=O)[C@@H]2CCCN2C(=O)CCCCNC(=S)Nc2ccc3c(c2)C2(OC3=O)c3ccc(O)cc3Oc3cc(O)ccc32)[C@@H](C)O)C1. The van der Waals surface area contributed by atoms with Crippen LogP contribution < -0.4 is 47.7 Å². The van der Waals surface area contributed by atoms with Crippen molar-refractivity contribution in [2.24, 2.45) is 10.9 Å². The van der Waals surface area contributed by atoms with E-state index in [-0.39, 0.29) is 104 Å². The number of amides is 10. The number of unbranched alkanes of at least 4 members (excludes halogenated alkanes) is 7. The van der Waals surface area contributed by atoms with Gasteiger partial charge in [0, 0.05) is 99.0 Å². The molecule has 0 bridgehead atoms. The monoisotopic (exact) mass is 1620 g/mol. The summed E-state index contributed by atoms with van der Waals surface area (Å²) in [6.45, 7) is 4.87. The number of carboxylic acids is 3. The number of nitrogens with two attached hydrogens (primary N) is 1. The molecule has 0 saturated carbocycles. The number of fused-ring (bicyclic) bond motifs is 6. The first-order valence-electron chi connectivity index (χ1n) is 39.2. The first kappa shape index (κ1) is 87.7. The molecule has 6 aliphatic heterocycles. The van der Waals surface area contributed by atoms with E-state index in [1.165, 1.54) is 47.9 Å². The molecule has 3 aromatic carbocycles. The van der Waals surface area contributed by atoms with Crippen LogP contribution >= 0.6 is 12.2 Å². The van der Waals surface area contributed by atoms with Crippen LogP contribution in [-0.2, 0) is 77.5 Å². The van der Waals surface area contributed by atoms with Gasteiger partial charge >= 0.3 is 23.9 Å². The van der Waals surface area contributed by atoms with Gasteiger partial charge in [-0.1, -0.05) is 44.2 Å². The summed E-state index contributed by atoms with van der Waals surface area (Å²) in [5.74, 6) is -12.8. The zero-order chi connectivity index (χ0) is 83.4. The van der Waals surface area contributed by atoms with Crippen molar-refractivity contribution in [1.82, 2.24) is 51.5 Å². The van der Waals surface area contributed by atoms with E-state index < -0.39 is 188 Å². The number of phenols is 2. The Morgan fingerprint density at radius 1 is 0.617 bits per heavy atom. The number of nitrogens with zero attached hydrogens (tertiary/aromatic N) is 5. The van der Waals surface area contributed by atoms with Gasteiger partial charge in [-0.2, -0.15) is 0 Å². The lowest BCUT2D eigenvalue weighted by Crippen LogP contribution is -2.62. The van der Waals surface area contributed by atoms with Crippen molar-refractivity contribution in [1.29, 1.82) is 0 Å². The van der Waals surface area contributed by atoms with E-state index in [0.717, 1.165) is 48.3 Å². The first-order valence-corrected chi connectivity index (χ1v) is 39.6. The summed E-state index contributed by atoms with van der Waals surface area (Å²) < 4.78 is 12.2. The molecule has 15 N–H and O–H groups in total. The second-order valence-electron chi connectivity index (χ2n) is 29.8. The number of aliphatic hydroxyl groups is 1. The third-order valence-electron chi connectivity index (χ3n) is 21.4. The van der Waals surface area contributed by atoms with Crippen molar-refractivity contribution < 1.29 is 112 Å². The third kappa shape index (κ3) is 22.4. The number of piperidine rings is 1. The molecule has 6 aliphatic rings. The van der Waals surface area contributed by atoms with Crippen molar-refractivity contribution in [3.05, 3.63) is 76.9 Å². The van der Waals surface area contributed by atoms with Crippen LogP contribution in [0.2, 0.25) is 0 Å². The van der Waals surface area contributed by atoms with Crippen LogP contribution in [0.4, 0.5) is 5.69 Å². The predicted molar refractivity (Wildman–Crippen MR) is 413 cm³/mol. The number of phenolic OH excluding ortho intramolecular Hbond substituents is 2. The third-order valence-corrected chi connectivity index (χ3v) is 21.6. The molecule has 37 heteroatoms. The Labute approximate surface area is 668 Å². The van der Waals surface area contributed by atoms with Crippen LogP contribution in [0.15, 0.2) is 59.8 Å². The molecule has 0 aliphatic carbocycles. The maximum atomic E-state index is 15.0. The lowest BCUT2D eigenvalue weighted by molar-refractivity contribution is -0.151. The number of hydrogen-bond acceptors (Lipinski definition) is 22. The van der Waals surface area contributed by atoms with Crippen LogP contribution in [0.25, 0.3) is 0 Å². The van der Waals surface area contributed by atoms with Crippen molar-refractivity contribution in [3.63, 3.8) is 0 Å². The van der Waals surface area contributed by atoms with E-state index in [0.29, 0.717) is 67.4 Å². The van der Waals surface area contributed by atoms with Gasteiger partial charge in [0.05, 0.1) is 18.2 Å². The maximum absolute atomic E-state index is 15.0. The number of rotatable bonds is 39. The molecule has 624 valence electrons. The van der Waals surface area contributed by atoms with Gasteiger partial charge in [-0.25, -0.2) is 4.79 Å². The average Bonchev–Trinajstić information content (AvgIpc) is 1.59. The van der Waals surface area contributed by atoms with Gasteiger partial charge in [0.2, 0.25) is 59.1 Å². The molecule has 1 unspecified atom stereocenters. The molecule has 11 atom stereocenters. The first-order chi connectivity index (χ1) is 54.9. The Bertz CT molecular complexity index is 4130. The second-order valence-corrected chi connectivity index (χ2v) is 30.2. The van der Waals surface area contributed by atoms with Gasteiger partial charge in [-0.05, 0) is 158 Å². The highest BCUT2D eigenvalue weighted by Crippen LogP contribution is 2.57. The molecule has 6 heterocycles. The fraction of sp³-hybridized carbons (Fsp3) is 0.564. The molecule has 0 aromatic heterocycles. The van der Waals surface area contributed by atoms with E-state index in [1.54, 1.807) is 36.5 Å². The number of benzene rings is 3. The number of aromatic hydroxyl groups is 2. The quantitative estimate of drug-likeness (QED) is 0.0128. The van der Waals surface area contributed by atoms with Gasteiger partial charge in [0.15, 0.2) is 10.7 Å². The Hall–Kier alpha value is -11.2. The normalized spacial score (nSPS) is 20.0. The Balaban J connectivity index is 0.786. The number of carboxylic acid groups (broad SMARTS) is 3. The molecule has 3 aromatic rings. The number of carbonyl (C=O) groups is 14. The number of nitrogens with one attached hydrogen (secondary N) is 7. The van der Waals surface area contributed by atoms with Gasteiger partial charge in [-0.3, -0.25) is 62.3 Å². The summed E-state index contributed by atoms with van der Waals surface area (Å²) >= 11 is 5.64. The number of likely N-dealkylation sites (tertiary alicyclic amines) is 4. The highest BCUT2D eigenvalue weighted by atomic mass is 32.1. The number of anilines is 1. The maximum Gasteiger partial charge on any atom is 0.340 e. The average molecular weight is 1620 g/mol. The van der Waals surface area contributed by atoms with E-state index in [4.69, 9.17) is 32.3 Å². The van der Waals surface area contributed by atoms with Gasteiger partial charge in [0.25, 0.3) is 0 Å². The number of ether oxygens (including phenoxy) is 2. The lowest BCUT2D eigenvalue weighted by atomic mass is 9.77. The molecular formula is C78H103N13O23S. The number of thiocarbonyl (C=S) groups is 1. The number of oxime groups is 1. The zero-order valence-electron chi connectivity index (χ0n) is 64.5. The minimum atomic E-state index is -1.75. The minimum absolute atomic E-state index is 0.00747. The van der Waals surface area contributed by atoms with Crippen molar-refractivity contribution in [3.8, 4) is 23.0 Å². The Morgan fingerprint density at radius 2 is 1.19 bits per heavy atom. The van der Waals surface area contributed by atoms with Gasteiger partial charge < -0.3 is 108 Å². The highest BCUT2D eigenvalue weighted by Gasteiger charge is 2.55. The van der Waals surface area contributed by atoms with E-state index in [1.807, 2.05) is 0 Å². The standard InChI is InChI=1S/C78H103N13O23S/c1-4-5-6-7-8-9-12-34-81-114-48-41-59(71(106)85-54(28-31-64(98)99)68(103)84-53(67(79)102)27-30-63(96)97)91(42-48)75(110)58-17-11-14-35-90(58)73(108)43(2)82-72(107)66(44(3)92)87-70(105)57-19-16-37-89(57)74(109)55(29-32-65(100)101)86-69(104)56-18-15-36-88(56)62(95)20-10-13-33-80-77(115)83-45-21-24-49-52(38-45)78(113-76(49)111)50-25-22-46(93)39-60(50)112-61-40-47(94)23-26-51(61)78/h21-26,34,38-40,43-44,48,53-59,66,92-94H,4-20,27-33,35-37,41-42H2,1-3H3,(H2,79,102)(H,82,107)(H,84,103)(H,85,106)(H,86,104)(H,87,105)(H,96,97)(H,98,99)(H,100,101)(H2,80,83,115)/b81-34-/t43-,44+,48+,53-,54-,55-,56-,57-,58?,59-,66-/m0/s1. The molecule has 4 saturated heterocycles. The molecule has 4 fully saturated rings. The largest absolute Gasteiger partial charge is 0.508 e. The van der Waals surface area contributed by atoms with Crippen LogP contribution in [0.5, 0.6) is 23.0 Å². The van der Waals surface area contributed by atoms with Crippen molar-refractivity contribution >= 4 is 112 Å². The molecular weight excluding hydrogens is 1520 g/mol. The summed E-state index contributed by atoms with van der Waals surface area (Å²) in [5, 5.41) is 83.4. The van der Waals surface area contributed by atoms with Crippen LogP contribution in [0.1, 0.15) is 202 Å². The smallest absolute Gasteiger partial charge is 0.340 e. The summed E-state index contributed by atoms with van der Waals surface area (Å²) in [5.41, 5.74) is 6.04. The topological polar surface area (TPSA) is 524 Å². The molecule has 10 amide bonds. The number of esters is 1. The van der Waals surface area contributed by atoms with E-state index in [9.17, 15) is 93.0 Å². The van der Waals surface area contributed by atoms with Crippen molar-refractivity contribution in [2.75, 3.05) is 38.0 Å². The summed E-state index contributed by atoms with van der Waals surface area (Å²) in [4.78, 5) is 201. The number of aliphatic hydroxyl groups excluding tert-OH is 1. The Morgan fingerprint density at radius 3 is 1.83 bits per heavy atom. The lowest BCUT2D eigenvalue weighted by Gasteiger charge is -2.39. The fourth-order valence-corrected chi connectivity index (χ4v) is 15.7.